The first kappa shape index (κ1) is 18.6. The van der Waals surface area contributed by atoms with E-state index in [0.717, 1.165) is 32.2 Å². The number of hydrogen-bond acceptors (Lipinski definition) is 2. The van der Waals surface area contributed by atoms with Gasteiger partial charge in [-0.25, -0.2) is 4.39 Å². The Morgan fingerprint density at radius 1 is 1.18 bits per heavy atom. The number of rotatable bonds is 4. The van der Waals surface area contributed by atoms with Gasteiger partial charge in [-0.05, 0) is 73.8 Å². The van der Waals surface area contributed by atoms with E-state index in [9.17, 15) is 9.18 Å². The van der Waals surface area contributed by atoms with E-state index in [-0.39, 0.29) is 28.2 Å². The van der Waals surface area contributed by atoms with Crippen molar-refractivity contribution in [3.05, 3.63) is 35.9 Å². The van der Waals surface area contributed by atoms with Crippen molar-refractivity contribution in [1.29, 1.82) is 0 Å². The van der Waals surface area contributed by atoms with Crippen molar-refractivity contribution < 1.29 is 9.18 Å². The van der Waals surface area contributed by atoms with E-state index >= 15 is 0 Å². The van der Waals surface area contributed by atoms with E-state index in [1.54, 1.807) is 0 Å². The Morgan fingerprint density at radius 2 is 2.00 bits per heavy atom. The second-order valence-electron chi connectivity index (χ2n) is 10.4. The zero-order chi connectivity index (χ0) is 19.4. The van der Waals surface area contributed by atoms with Crippen molar-refractivity contribution in [2.75, 3.05) is 13.1 Å². The molecule has 5 aliphatic rings. The van der Waals surface area contributed by atoms with Crippen LogP contribution < -0.4 is 10.6 Å². The van der Waals surface area contributed by atoms with Crippen LogP contribution >= 0.6 is 0 Å². The highest BCUT2D eigenvalue weighted by atomic mass is 19.1. The van der Waals surface area contributed by atoms with Crippen LogP contribution in [-0.2, 0) is 10.2 Å². The summed E-state index contributed by atoms with van der Waals surface area (Å²) in [7, 11) is 0. The highest BCUT2D eigenvalue weighted by Gasteiger charge is 2.65. The molecule has 1 saturated heterocycles. The maximum Gasteiger partial charge on any atom is 0.226 e. The lowest BCUT2D eigenvalue weighted by Gasteiger charge is -2.66. The van der Waals surface area contributed by atoms with E-state index in [4.69, 9.17) is 0 Å². The number of carbonyl (C=O) groups excluding carboxylic acids is 1. The Bertz CT molecular complexity index is 754. The molecule has 6 rings (SSSR count). The Balaban J connectivity index is 1.48. The number of nitrogens with one attached hydrogen (secondary N) is 2. The summed E-state index contributed by atoms with van der Waals surface area (Å²) in [6.07, 6.45) is 7.49. The van der Waals surface area contributed by atoms with Crippen molar-refractivity contribution in [3.8, 4) is 0 Å². The highest BCUT2D eigenvalue weighted by Crippen LogP contribution is 2.71. The second-order valence-corrected chi connectivity index (χ2v) is 10.4. The fourth-order valence-corrected chi connectivity index (χ4v) is 7.70. The van der Waals surface area contributed by atoms with Crippen molar-refractivity contribution >= 4 is 5.91 Å². The molecule has 4 unspecified atom stereocenters. The Kier molecular flexibility index (Phi) is 4.35. The Morgan fingerprint density at radius 3 is 2.75 bits per heavy atom. The maximum absolute atomic E-state index is 14.4. The lowest BCUT2D eigenvalue weighted by molar-refractivity contribution is -0.164. The Labute approximate surface area is 167 Å². The van der Waals surface area contributed by atoms with Crippen LogP contribution in [0.3, 0.4) is 0 Å². The molecule has 28 heavy (non-hydrogen) atoms. The number of benzene rings is 1. The third kappa shape index (κ3) is 2.82. The minimum absolute atomic E-state index is 0.122. The third-order valence-corrected chi connectivity index (χ3v) is 8.53. The van der Waals surface area contributed by atoms with Crippen LogP contribution in [0.4, 0.5) is 4.39 Å². The van der Waals surface area contributed by atoms with Gasteiger partial charge in [0.25, 0.3) is 0 Å². The zero-order valence-electron chi connectivity index (χ0n) is 17.0. The SMILES string of the molecule is CCC12CC3CC(C(=O)N[C@@H]4CCNC[C@@H]4F)(C1)CC(c1ccccc1)(C3)C2. The third-order valence-electron chi connectivity index (χ3n) is 8.53. The summed E-state index contributed by atoms with van der Waals surface area (Å²) in [6, 6.07) is 10.6. The van der Waals surface area contributed by atoms with Crippen molar-refractivity contribution in [2.45, 2.75) is 75.9 Å². The minimum atomic E-state index is -0.977. The molecule has 0 spiro atoms. The molecule has 5 fully saturated rings. The number of hydrogen-bond donors (Lipinski definition) is 2. The lowest BCUT2D eigenvalue weighted by atomic mass is 9.38. The average molecular weight is 385 g/mol. The first-order valence-electron chi connectivity index (χ1n) is 11.2. The van der Waals surface area contributed by atoms with E-state index in [1.807, 2.05) is 0 Å². The van der Waals surface area contributed by atoms with Gasteiger partial charge in [0.15, 0.2) is 0 Å². The Hall–Kier alpha value is -1.42. The van der Waals surface area contributed by atoms with E-state index in [2.05, 4.69) is 47.9 Å². The van der Waals surface area contributed by atoms with Crippen LogP contribution in [0.1, 0.15) is 63.9 Å². The molecule has 1 aliphatic heterocycles. The lowest BCUT2D eigenvalue weighted by Crippen LogP contribution is -2.64. The van der Waals surface area contributed by atoms with E-state index < -0.39 is 6.17 Å². The molecular weight excluding hydrogens is 351 g/mol. The summed E-state index contributed by atoms with van der Waals surface area (Å²) in [5, 5.41) is 6.27. The van der Waals surface area contributed by atoms with Gasteiger partial charge in [-0.15, -0.1) is 0 Å². The number of halogens is 1. The predicted molar refractivity (Wildman–Crippen MR) is 109 cm³/mol. The zero-order valence-corrected chi connectivity index (χ0v) is 17.0. The molecule has 1 aromatic carbocycles. The van der Waals surface area contributed by atoms with Crippen LogP contribution in [-0.4, -0.2) is 31.2 Å². The largest absolute Gasteiger partial charge is 0.350 e. The summed E-state index contributed by atoms with van der Waals surface area (Å²) in [6.45, 7) is 3.45. The molecule has 2 N–H and O–H groups in total. The molecule has 1 heterocycles. The normalized spacial score (nSPS) is 44.4. The summed E-state index contributed by atoms with van der Waals surface area (Å²) in [5.74, 6) is 0.764. The quantitative estimate of drug-likeness (QED) is 0.820. The van der Waals surface area contributed by atoms with Gasteiger partial charge in [-0.1, -0.05) is 43.7 Å². The summed E-state index contributed by atoms with van der Waals surface area (Å²) in [5.41, 5.74) is 1.50. The average Bonchev–Trinajstić information content (AvgIpc) is 2.69. The second kappa shape index (κ2) is 6.55. The van der Waals surface area contributed by atoms with Gasteiger partial charge in [0, 0.05) is 6.54 Å². The van der Waals surface area contributed by atoms with Crippen molar-refractivity contribution in [2.24, 2.45) is 16.7 Å². The molecule has 0 radical (unpaired) electrons. The number of piperidine rings is 1. The monoisotopic (exact) mass is 384 g/mol. The van der Waals surface area contributed by atoms with Gasteiger partial charge in [-0.2, -0.15) is 0 Å². The van der Waals surface area contributed by atoms with Crippen LogP contribution in [0.2, 0.25) is 0 Å². The standard InChI is InChI=1S/C24H33FN2O/c1-2-22-10-17-11-23(14-22,18-6-4-3-5-7-18)16-24(12-17,15-22)21(28)27-20-8-9-26-13-19(20)25/h3-7,17,19-20,26H,2,8-16H2,1H3,(H,27,28)/t17?,19-,20+,22?,23?,24?/m0/s1. The van der Waals surface area contributed by atoms with E-state index in [0.29, 0.717) is 18.9 Å². The molecule has 3 nitrogen and oxygen atoms in total. The van der Waals surface area contributed by atoms with Crippen LogP contribution in [0.25, 0.3) is 0 Å². The van der Waals surface area contributed by atoms with Crippen molar-refractivity contribution in [3.63, 3.8) is 0 Å². The molecule has 4 saturated carbocycles. The van der Waals surface area contributed by atoms with E-state index in [1.165, 1.54) is 24.8 Å². The molecule has 4 aliphatic carbocycles. The molecular formula is C24H33FN2O. The molecule has 1 aromatic rings. The maximum atomic E-state index is 14.4. The molecule has 4 heteroatoms. The first-order chi connectivity index (χ1) is 13.5. The number of alkyl halides is 1. The van der Waals surface area contributed by atoms with Gasteiger partial charge in [0.2, 0.25) is 5.91 Å². The molecule has 1 amide bonds. The molecule has 4 bridgehead atoms. The van der Waals surface area contributed by atoms with Crippen LogP contribution in [0.5, 0.6) is 0 Å². The van der Waals surface area contributed by atoms with Crippen LogP contribution in [0.15, 0.2) is 30.3 Å². The van der Waals surface area contributed by atoms with Gasteiger partial charge in [0.05, 0.1) is 11.5 Å². The molecule has 152 valence electrons. The van der Waals surface area contributed by atoms with Gasteiger partial charge < -0.3 is 10.6 Å². The van der Waals surface area contributed by atoms with Gasteiger partial charge in [-0.3, -0.25) is 4.79 Å². The number of carbonyl (C=O) groups is 1. The van der Waals surface area contributed by atoms with Crippen LogP contribution in [0, 0.1) is 16.7 Å². The minimum Gasteiger partial charge on any atom is -0.350 e. The fourth-order valence-electron chi connectivity index (χ4n) is 7.70. The topological polar surface area (TPSA) is 41.1 Å². The molecule has 6 atom stereocenters. The number of amides is 1. The molecule has 0 aromatic heterocycles. The van der Waals surface area contributed by atoms with Crippen molar-refractivity contribution in [1.82, 2.24) is 10.6 Å². The van der Waals surface area contributed by atoms with Gasteiger partial charge >= 0.3 is 0 Å². The fraction of sp³-hybridized carbons (Fsp3) is 0.708. The summed E-state index contributed by atoms with van der Waals surface area (Å²) in [4.78, 5) is 13.6. The summed E-state index contributed by atoms with van der Waals surface area (Å²) < 4.78 is 14.4. The smallest absolute Gasteiger partial charge is 0.226 e. The summed E-state index contributed by atoms with van der Waals surface area (Å²) >= 11 is 0. The highest BCUT2D eigenvalue weighted by molar-refractivity contribution is 5.84. The van der Waals surface area contributed by atoms with Gasteiger partial charge in [0.1, 0.15) is 6.17 Å². The predicted octanol–water partition coefficient (Wildman–Crippen LogP) is 4.12. The first-order valence-corrected chi connectivity index (χ1v) is 11.2.